The summed E-state index contributed by atoms with van der Waals surface area (Å²) in [4.78, 5) is 32.4. The first kappa shape index (κ1) is 21.6. The average molecular weight is 478 g/mol. The van der Waals surface area contributed by atoms with Crippen LogP contribution in [0.5, 0.6) is 0 Å². The fourth-order valence-corrected chi connectivity index (χ4v) is 5.64. The number of amides is 2. The molecule has 0 fully saturated rings. The smallest absolute Gasteiger partial charge is 0.413 e. The SMILES string of the molecule is CN(C(=O)O)c1nc2ccc(C3(O)c4ccccc4C(=O)N3S(=O)(=O)c3ccccc3)cc2[nH]1. The average Bonchev–Trinajstić information content (AvgIpc) is 3.36. The van der Waals surface area contributed by atoms with Crippen LogP contribution in [-0.4, -0.2) is 52.0 Å². The Kier molecular flexibility index (Phi) is 4.71. The molecule has 1 aromatic heterocycles. The van der Waals surface area contributed by atoms with Crippen LogP contribution >= 0.6 is 0 Å². The molecule has 1 aliphatic heterocycles. The molecule has 1 aliphatic rings. The van der Waals surface area contributed by atoms with Crippen LogP contribution in [0.25, 0.3) is 11.0 Å². The van der Waals surface area contributed by atoms with Crippen molar-refractivity contribution in [1.29, 1.82) is 0 Å². The monoisotopic (exact) mass is 478 g/mol. The van der Waals surface area contributed by atoms with Crippen molar-refractivity contribution in [2.24, 2.45) is 0 Å². The van der Waals surface area contributed by atoms with Crippen LogP contribution in [0.15, 0.2) is 77.7 Å². The normalized spacial score (nSPS) is 17.7. The van der Waals surface area contributed by atoms with Crippen LogP contribution in [-0.2, 0) is 15.7 Å². The third kappa shape index (κ3) is 2.98. The molecule has 1 unspecified atom stereocenters. The van der Waals surface area contributed by atoms with Crippen LogP contribution in [0.2, 0.25) is 0 Å². The summed E-state index contributed by atoms with van der Waals surface area (Å²) in [7, 11) is -3.15. The predicted molar refractivity (Wildman–Crippen MR) is 122 cm³/mol. The fraction of sp³-hybridized carbons (Fsp3) is 0.0870. The number of carbonyl (C=O) groups excluding carboxylic acids is 1. The summed E-state index contributed by atoms with van der Waals surface area (Å²) >= 11 is 0. The van der Waals surface area contributed by atoms with E-state index in [9.17, 15) is 28.2 Å². The van der Waals surface area contributed by atoms with E-state index in [4.69, 9.17) is 0 Å². The van der Waals surface area contributed by atoms with Crippen LogP contribution in [0.4, 0.5) is 10.7 Å². The molecular weight excluding hydrogens is 460 g/mol. The van der Waals surface area contributed by atoms with Gasteiger partial charge in [0.25, 0.3) is 15.9 Å². The molecule has 3 aromatic carbocycles. The Labute approximate surface area is 193 Å². The van der Waals surface area contributed by atoms with Gasteiger partial charge in [0.1, 0.15) is 0 Å². The summed E-state index contributed by atoms with van der Waals surface area (Å²) in [5, 5.41) is 21.2. The highest BCUT2D eigenvalue weighted by atomic mass is 32.2. The second-order valence-electron chi connectivity index (χ2n) is 7.74. The summed E-state index contributed by atoms with van der Waals surface area (Å²) in [5.74, 6) is -0.818. The molecule has 2 amide bonds. The summed E-state index contributed by atoms with van der Waals surface area (Å²) in [6.07, 6.45) is -1.23. The lowest BCUT2D eigenvalue weighted by Crippen LogP contribution is -2.48. The van der Waals surface area contributed by atoms with Gasteiger partial charge in [-0.05, 0) is 30.3 Å². The van der Waals surface area contributed by atoms with Crippen molar-refractivity contribution in [2.75, 3.05) is 11.9 Å². The van der Waals surface area contributed by atoms with Crippen LogP contribution in [0, 0.1) is 0 Å². The maximum atomic E-state index is 13.6. The number of hydrogen-bond acceptors (Lipinski definition) is 6. The lowest BCUT2D eigenvalue weighted by Gasteiger charge is -2.33. The number of hydrogen-bond donors (Lipinski definition) is 3. The third-order valence-electron chi connectivity index (χ3n) is 5.77. The summed E-state index contributed by atoms with van der Waals surface area (Å²) in [5.41, 5.74) is -1.35. The molecule has 0 radical (unpaired) electrons. The first-order chi connectivity index (χ1) is 16.2. The molecule has 11 heteroatoms. The number of anilines is 1. The minimum atomic E-state index is -4.46. The molecular formula is C23H18N4O6S. The molecule has 0 saturated carbocycles. The number of benzene rings is 3. The van der Waals surface area contributed by atoms with E-state index in [1.54, 1.807) is 18.2 Å². The maximum absolute atomic E-state index is 13.6. The van der Waals surface area contributed by atoms with Gasteiger partial charge in [0.2, 0.25) is 11.7 Å². The molecule has 172 valence electrons. The number of fused-ring (bicyclic) bond motifs is 2. The summed E-state index contributed by atoms with van der Waals surface area (Å²) < 4.78 is 27.7. The number of rotatable bonds is 4. The van der Waals surface area contributed by atoms with Crippen molar-refractivity contribution in [3.8, 4) is 0 Å². The van der Waals surface area contributed by atoms with Gasteiger partial charge in [0, 0.05) is 23.7 Å². The van der Waals surface area contributed by atoms with E-state index < -0.39 is 27.7 Å². The van der Waals surface area contributed by atoms with Gasteiger partial charge in [-0.3, -0.25) is 9.69 Å². The highest BCUT2D eigenvalue weighted by Crippen LogP contribution is 2.45. The van der Waals surface area contributed by atoms with Gasteiger partial charge < -0.3 is 15.2 Å². The van der Waals surface area contributed by atoms with Crippen LogP contribution < -0.4 is 4.90 Å². The number of aliphatic hydroxyl groups is 1. The standard InChI is InChI=1S/C23H18N4O6S/c1-26(22(29)30)21-24-18-12-11-14(13-19(18)25-21)23(31)17-10-6-5-9-16(17)20(28)27(23)34(32,33)15-7-3-2-4-8-15/h2-13,31H,1H3,(H,24,25)(H,29,30). The van der Waals surface area contributed by atoms with E-state index in [0.717, 1.165) is 4.90 Å². The number of carbonyl (C=O) groups is 2. The number of carboxylic acid groups (broad SMARTS) is 1. The van der Waals surface area contributed by atoms with Gasteiger partial charge in [-0.25, -0.2) is 18.2 Å². The van der Waals surface area contributed by atoms with Crippen LogP contribution in [0.3, 0.4) is 0 Å². The molecule has 0 saturated heterocycles. The Morgan fingerprint density at radius 1 is 1.06 bits per heavy atom. The molecule has 34 heavy (non-hydrogen) atoms. The van der Waals surface area contributed by atoms with Gasteiger partial charge in [0.15, 0.2) is 0 Å². The number of imidazole rings is 1. The van der Waals surface area contributed by atoms with Gasteiger partial charge in [-0.2, -0.15) is 4.31 Å². The van der Waals surface area contributed by atoms with Crippen molar-refractivity contribution in [1.82, 2.24) is 14.3 Å². The number of nitrogens with zero attached hydrogens (tertiary/aromatic N) is 3. The lowest BCUT2D eigenvalue weighted by atomic mass is 9.94. The number of H-pyrrole nitrogens is 1. The maximum Gasteiger partial charge on any atom is 0.413 e. The van der Waals surface area contributed by atoms with Crippen molar-refractivity contribution in [2.45, 2.75) is 10.6 Å². The quantitative estimate of drug-likeness (QED) is 0.409. The lowest BCUT2D eigenvalue weighted by molar-refractivity contribution is -0.00707. The first-order valence-corrected chi connectivity index (χ1v) is 11.5. The highest BCUT2D eigenvalue weighted by molar-refractivity contribution is 7.89. The third-order valence-corrected chi connectivity index (χ3v) is 7.55. The Morgan fingerprint density at radius 2 is 1.74 bits per heavy atom. The highest BCUT2D eigenvalue weighted by Gasteiger charge is 2.55. The number of aromatic nitrogens is 2. The number of sulfonamides is 1. The van der Waals surface area contributed by atoms with Gasteiger partial charge in [0.05, 0.1) is 15.9 Å². The zero-order valence-electron chi connectivity index (χ0n) is 17.7. The van der Waals surface area contributed by atoms with E-state index in [1.807, 2.05) is 0 Å². The minimum Gasteiger partial charge on any atom is -0.465 e. The van der Waals surface area contributed by atoms with Gasteiger partial charge in [-0.1, -0.05) is 42.5 Å². The largest absolute Gasteiger partial charge is 0.465 e. The zero-order chi connectivity index (χ0) is 24.3. The molecule has 5 rings (SSSR count). The van der Waals surface area contributed by atoms with E-state index in [0.29, 0.717) is 15.3 Å². The molecule has 1 atom stereocenters. The zero-order valence-corrected chi connectivity index (χ0v) is 18.5. The first-order valence-electron chi connectivity index (χ1n) is 10.1. The Bertz CT molecular complexity index is 1570. The predicted octanol–water partition coefficient (Wildman–Crippen LogP) is 2.72. The summed E-state index contributed by atoms with van der Waals surface area (Å²) in [6, 6.07) is 17.9. The number of aromatic amines is 1. The molecule has 0 bridgehead atoms. The van der Waals surface area contributed by atoms with Gasteiger partial charge in [-0.15, -0.1) is 0 Å². The molecule has 0 aliphatic carbocycles. The molecule has 10 nitrogen and oxygen atoms in total. The molecule has 0 spiro atoms. The van der Waals surface area contributed by atoms with E-state index >= 15 is 0 Å². The molecule has 4 aromatic rings. The fourth-order valence-electron chi connectivity index (χ4n) is 4.06. The van der Waals surface area contributed by atoms with E-state index in [-0.39, 0.29) is 27.5 Å². The second kappa shape index (κ2) is 7.40. The minimum absolute atomic E-state index is 0.0447. The van der Waals surface area contributed by atoms with E-state index in [1.165, 1.54) is 61.6 Å². The van der Waals surface area contributed by atoms with Gasteiger partial charge >= 0.3 is 6.09 Å². The van der Waals surface area contributed by atoms with Crippen molar-refractivity contribution in [3.05, 3.63) is 89.5 Å². The summed E-state index contributed by atoms with van der Waals surface area (Å²) in [6.45, 7) is 0. The molecule has 2 heterocycles. The molecule has 3 N–H and O–H groups in total. The Balaban J connectivity index is 1.73. The van der Waals surface area contributed by atoms with E-state index in [2.05, 4.69) is 9.97 Å². The van der Waals surface area contributed by atoms with Crippen LogP contribution in [0.1, 0.15) is 21.5 Å². The van der Waals surface area contributed by atoms with Crippen molar-refractivity contribution >= 4 is 39.0 Å². The van der Waals surface area contributed by atoms with Crippen molar-refractivity contribution < 1.29 is 28.2 Å². The van der Waals surface area contributed by atoms with Crippen molar-refractivity contribution in [3.63, 3.8) is 0 Å². The second-order valence-corrected chi connectivity index (χ2v) is 9.53. The Morgan fingerprint density at radius 3 is 2.44 bits per heavy atom. The Hall–Kier alpha value is -4.22. The number of nitrogens with one attached hydrogen (secondary N) is 1. The topological polar surface area (TPSA) is 144 Å².